The molecule has 0 fully saturated rings. The average Bonchev–Trinajstić information content (AvgIpc) is 3.18. The summed E-state index contributed by atoms with van der Waals surface area (Å²) in [7, 11) is 0. The molecule has 0 spiro atoms. The summed E-state index contributed by atoms with van der Waals surface area (Å²) in [5, 5.41) is 2.44. The zero-order chi connectivity index (χ0) is 20.9. The third-order valence-electron chi connectivity index (χ3n) is 4.72. The van der Waals surface area contributed by atoms with Crippen molar-refractivity contribution >= 4 is 43.1 Å². The molecule has 3 nitrogen and oxygen atoms in total. The lowest BCUT2D eigenvalue weighted by Gasteiger charge is -2.06. The highest BCUT2D eigenvalue weighted by molar-refractivity contribution is 7.25. The molecule has 0 radical (unpaired) electrons. The number of para-hydroxylation sites is 2. The fourth-order valence-electron chi connectivity index (χ4n) is 3.28. The minimum atomic E-state index is 0.445. The average molecular weight is 422 g/mol. The zero-order valence-electron chi connectivity index (χ0n) is 16.6. The number of fused-ring (bicyclic) bond motifs is 3. The van der Waals surface area contributed by atoms with Crippen molar-refractivity contribution in [2.45, 2.75) is 0 Å². The Labute approximate surface area is 184 Å². The van der Waals surface area contributed by atoms with Gasteiger partial charge < -0.3 is 9.47 Å². The summed E-state index contributed by atoms with van der Waals surface area (Å²) in [6, 6.07) is 33.9. The quantitative estimate of drug-likeness (QED) is 0.165. The summed E-state index contributed by atoms with van der Waals surface area (Å²) in [6.07, 6.45) is 3.32. The Balaban J connectivity index is 1.49. The van der Waals surface area contributed by atoms with Crippen molar-refractivity contribution in [1.29, 1.82) is 0 Å². The van der Waals surface area contributed by atoms with Gasteiger partial charge in [-0.3, -0.25) is 0 Å². The van der Waals surface area contributed by atoms with Crippen LogP contribution < -0.4 is 9.47 Å². The van der Waals surface area contributed by atoms with Crippen molar-refractivity contribution in [3.63, 3.8) is 0 Å². The Morgan fingerprint density at radius 2 is 1.35 bits per heavy atom. The molecule has 150 valence electrons. The second-order valence-corrected chi connectivity index (χ2v) is 7.96. The summed E-state index contributed by atoms with van der Waals surface area (Å²) in [5.74, 6) is 1.91. The highest BCUT2D eigenvalue weighted by atomic mass is 32.1. The van der Waals surface area contributed by atoms with Crippen molar-refractivity contribution in [2.75, 3.05) is 0 Å². The van der Waals surface area contributed by atoms with Gasteiger partial charge >= 0.3 is 0 Å². The predicted molar refractivity (Wildman–Crippen MR) is 130 cm³/mol. The van der Waals surface area contributed by atoms with Crippen LogP contribution in [0.25, 0.3) is 20.2 Å². The van der Waals surface area contributed by atoms with Gasteiger partial charge in [-0.15, -0.1) is 11.3 Å². The van der Waals surface area contributed by atoms with E-state index in [0.29, 0.717) is 11.6 Å². The molecule has 0 N–H and O–H groups in total. The van der Waals surface area contributed by atoms with E-state index in [9.17, 15) is 0 Å². The predicted octanol–water partition coefficient (Wildman–Crippen LogP) is 7.76. The summed E-state index contributed by atoms with van der Waals surface area (Å²) in [6.45, 7) is 0. The van der Waals surface area contributed by atoms with Crippen molar-refractivity contribution in [3.05, 3.63) is 115 Å². The number of ether oxygens (including phenoxy) is 2. The molecule has 0 aliphatic rings. The van der Waals surface area contributed by atoms with Gasteiger partial charge in [0.2, 0.25) is 5.90 Å². The van der Waals surface area contributed by atoms with Crippen LogP contribution >= 0.6 is 11.3 Å². The molecule has 0 saturated heterocycles. The largest absolute Gasteiger partial charge is 0.465 e. The maximum absolute atomic E-state index is 6.02. The van der Waals surface area contributed by atoms with Crippen LogP contribution in [0.5, 0.6) is 11.5 Å². The van der Waals surface area contributed by atoms with E-state index in [-0.39, 0.29) is 0 Å². The third kappa shape index (κ3) is 4.49. The van der Waals surface area contributed by atoms with Crippen LogP contribution in [0, 0.1) is 0 Å². The molecule has 0 aliphatic heterocycles. The number of hydrogen-bond acceptors (Lipinski definition) is 4. The van der Waals surface area contributed by atoms with E-state index in [1.54, 1.807) is 23.7 Å². The van der Waals surface area contributed by atoms with Crippen molar-refractivity contribution in [3.8, 4) is 11.5 Å². The molecule has 4 aromatic carbocycles. The number of rotatable bonds is 5. The number of thiophene rings is 1. The third-order valence-corrected chi connectivity index (χ3v) is 5.87. The summed E-state index contributed by atoms with van der Waals surface area (Å²) < 4.78 is 14.2. The van der Waals surface area contributed by atoms with Gasteiger partial charge in [-0.1, -0.05) is 54.6 Å². The Bertz CT molecular complexity index is 1370. The fourth-order valence-corrected chi connectivity index (χ4v) is 4.37. The maximum Gasteiger partial charge on any atom is 0.222 e. The second kappa shape index (κ2) is 8.86. The lowest BCUT2D eigenvalue weighted by atomic mass is 10.1. The van der Waals surface area contributed by atoms with Gasteiger partial charge in [0.1, 0.15) is 11.5 Å². The van der Waals surface area contributed by atoms with E-state index in [1.807, 2.05) is 66.7 Å². The standard InChI is InChI=1S/C27H19NO2S/c1-3-9-21(10-4-1)29-18-17-27(30-22-11-5-2-6-12-22)28-20-15-16-26-24(19-20)23-13-7-8-14-25(23)31-26/h1-19H. The molecule has 1 heterocycles. The van der Waals surface area contributed by atoms with E-state index in [4.69, 9.17) is 14.5 Å². The first-order valence-corrected chi connectivity index (χ1v) is 10.8. The molecule has 31 heavy (non-hydrogen) atoms. The molecular formula is C27H19NO2S. The molecule has 0 unspecified atom stereocenters. The topological polar surface area (TPSA) is 30.8 Å². The Morgan fingerprint density at radius 3 is 2.16 bits per heavy atom. The minimum Gasteiger partial charge on any atom is -0.465 e. The lowest BCUT2D eigenvalue weighted by Crippen LogP contribution is -2.05. The molecule has 5 rings (SSSR count). The number of benzene rings is 4. The zero-order valence-corrected chi connectivity index (χ0v) is 17.5. The van der Waals surface area contributed by atoms with E-state index in [0.717, 1.165) is 11.4 Å². The van der Waals surface area contributed by atoms with Crippen molar-refractivity contribution in [2.24, 2.45) is 4.99 Å². The first-order valence-electron chi connectivity index (χ1n) is 9.96. The van der Waals surface area contributed by atoms with Gasteiger partial charge in [-0.05, 0) is 48.5 Å². The number of hydrogen-bond donors (Lipinski definition) is 0. The first-order chi connectivity index (χ1) is 15.3. The van der Waals surface area contributed by atoms with Crippen LogP contribution in [0.3, 0.4) is 0 Å². The Kier molecular flexibility index (Phi) is 5.46. The van der Waals surface area contributed by atoms with Crippen LogP contribution in [-0.4, -0.2) is 5.90 Å². The van der Waals surface area contributed by atoms with E-state index >= 15 is 0 Å². The summed E-state index contributed by atoms with van der Waals surface area (Å²) >= 11 is 1.79. The SMILES string of the molecule is C(=CC(=Nc1ccc2sc3ccccc3c2c1)Oc1ccccc1)Oc1ccccc1. The Morgan fingerprint density at radius 1 is 0.677 bits per heavy atom. The van der Waals surface area contributed by atoms with Crippen LogP contribution in [0.15, 0.2) is 120 Å². The molecule has 0 bridgehead atoms. The van der Waals surface area contributed by atoms with Gasteiger partial charge in [-0.25, -0.2) is 4.99 Å². The summed E-state index contributed by atoms with van der Waals surface area (Å²) in [5.41, 5.74) is 0.825. The van der Waals surface area contributed by atoms with Gasteiger partial charge in [0.25, 0.3) is 0 Å². The molecule has 0 amide bonds. The normalized spacial score (nSPS) is 11.9. The maximum atomic E-state index is 6.02. The number of nitrogens with zero attached hydrogens (tertiary/aromatic N) is 1. The lowest BCUT2D eigenvalue weighted by molar-refractivity contribution is 0.479. The van der Waals surface area contributed by atoms with E-state index < -0.39 is 0 Å². The molecule has 0 saturated carbocycles. The monoisotopic (exact) mass is 421 g/mol. The van der Waals surface area contributed by atoms with E-state index in [2.05, 4.69) is 36.4 Å². The fraction of sp³-hybridized carbons (Fsp3) is 0. The molecule has 1 aromatic heterocycles. The van der Waals surface area contributed by atoms with Crippen molar-refractivity contribution in [1.82, 2.24) is 0 Å². The second-order valence-electron chi connectivity index (χ2n) is 6.88. The van der Waals surface area contributed by atoms with Crippen LogP contribution in [-0.2, 0) is 0 Å². The van der Waals surface area contributed by atoms with Crippen LogP contribution in [0.4, 0.5) is 5.69 Å². The molecule has 4 heteroatoms. The summed E-state index contributed by atoms with van der Waals surface area (Å²) in [4.78, 5) is 4.75. The molecule has 5 aromatic rings. The minimum absolute atomic E-state index is 0.445. The molecule has 0 aliphatic carbocycles. The van der Waals surface area contributed by atoms with Crippen LogP contribution in [0.2, 0.25) is 0 Å². The molecule has 0 atom stereocenters. The smallest absolute Gasteiger partial charge is 0.222 e. The molecular weight excluding hydrogens is 402 g/mol. The van der Waals surface area contributed by atoms with Gasteiger partial charge in [-0.2, -0.15) is 0 Å². The van der Waals surface area contributed by atoms with E-state index in [1.165, 1.54) is 20.2 Å². The highest BCUT2D eigenvalue weighted by Crippen LogP contribution is 2.35. The van der Waals surface area contributed by atoms with Gasteiger partial charge in [0.15, 0.2) is 0 Å². The Hall–Kier alpha value is -3.89. The van der Waals surface area contributed by atoms with Crippen molar-refractivity contribution < 1.29 is 9.47 Å². The highest BCUT2D eigenvalue weighted by Gasteiger charge is 2.06. The van der Waals surface area contributed by atoms with Crippen LogP contribution in [0.1, 0.15) is 0 Å². The first kappa shape index (κ1) is 19.1. The number of aliphatic imine (C=N–C) groups is 1. The van der Waals surface area contributed by atoms with Gasteiger partial charge in [0.05, 0.1) is 11.9 Å². The van der Waals surface area contributed by atoms with Gasteiger partial charge in [0, 0.05) is 26.2 Å².